The van der Waals surface area contributed by atoms with Crippen molar-refractivity contribution in [3.05, 3.63) is 55.1 Å². The van der Waals surface area contributed by atoms with Gasteiger partial charge in [-0.2, -0.15) is 0 Å². The topological polar surface area (TPSA) is 17.1 Å². The molecular formula is C12H14OS. The summed E-state index contributed by atoms with van der Waals surface area (Å²) in [6.45, 7) is 3.57. The van der Waals surface area contributed by atoms with E-state index < -0.39 is 10.8 Å². The minimum Gasteiger partial charge on any atom is -0.254 e. The summed E-state index contributed by atoms with van der Waals surface area (Å²) in [4.78, 5) is 0.902. The largest absolute Gasteiger partial charge is 0.254 e. The highest BCUT2D eigenvalue weighted by Crippen LogP contribution is 2.06. The number of hydrogen-bond donors (Lipinski definition) is 0. The van der Waals surface area contributed by atoms with Gasteiger partial charge in [-0.1, -0.05) is 43.0 Å². The first kappa shape index (κ1) is 10.9. The van der Waals surface area contributed by atoms with Crippen LogP contribution in [0.15, 0.2) is 60.0 Å². The van der Waals surface area contributed by atoms with Crippen molar-refractivity contribution < 1.29 is 4.21 Å². The summed E-state index contributed by atoms with van der Waals surface area (Å²) in [5.74, 6) is 0.675. The third-order valence-electron chi connectivity index (χ3n) is 1.75. The van der Waals surface area contributed by atoms with Crippen molar-refractivity contribution >= 4 is 10.8 Å². The van der Waals surface area contributed by atoms with E-state index in [9.17, 15) is 4.21 Å². The second kappa shape index (κ2) is 6.33. The fraction of sp³-hybridized carbons (Fsp3) is 0.167. The summed E-state index contributed by atoms with van der Waals surface area (Å²) >= 11 is 0. The van der Waals surface area contributed by atoms with Crippen molar-refractivity contribution in [3.63, 3.8) is 0 Å². The molecule has 0 amide bonds. The molecule has 0 aliphatic carbocycles. The van der Waals surface area contributed by atoms with Gasteiger partial charge in [0.1, 0.15) is 0 Å². The fourth-order valence-electron chi connectivity index (χ4n) is 1.06. The molecule has 1 unspecified atom stereocenters. The summed E-state index contributed by atoms with van der Waals surface area (Å²) in [6.07, 6.45) is 6.41. The highest BCUT2D eigenvalue weighted by atomic mass is 32.2. The number of benzene rings is 1. The van der Waals surface area contributed by atoms with Gasteiger partial charge in [-0.3, -0.25) is 4.21 Å². The smallest absolute Gasteiger partial charge is 0.0532 e. The normalized spacial score (nSPS) is 12.9. The standard InChI is InChI=1S/C12H14OS/c1-2-3-4-8-11-14(13)12-9-6-5-7-10-12/h2-7,9-10H,1,8,11H2. The minimum absolute atomic E-state index is 0.675. The van der Waals surface area contributed by atoms with Gasteiger partial charge in [0.15, 0.2) is 0 Å². The van der Waals surface area contributed by atoms with E-state index in [0.717, 1.165) is 11.3 Å². The van der Waals surface area contributed by atoms with Crippen LogP contribution in [0.25, 0.3) is 0 Å². The number of hydrogen-bond acceptors (Lipinski definition) is 1. The van der Waals surface area contributed by atoms with Gasteiger partial charge in [0.05, 0.1) is 10.8 Å². The lowest BCUT2D eigenvalue weighted by atomic mass is 10.4. The Balaban J connectivity index is 2.43. The van der Waals surface area contributed by atoms with Crippen LogP contribution >= 0.6 is 0 Å². The molecule has 0 saturated carbocycles. The maximum absolute atomic E-state index is 11.7. The van der Waals surface area contributed by atoms with Gasteiger partial charge in [-0.25, -0.2) is 0 Å². The maximum atomic E-state index is 11.7. The first-order chi connectivity index (χ1) is 6.84. The molecule has 0 spiro atoms. The van der Waals surface area contributed by atoms with Crippen LogP contribution in [-0.2, 0) is 10.8 Å². The Hall–Kier alpha value is -1.15. The summed E-state index contributed by atoms with van der Waals surface area (Å²) in [7, 11) is -0.872. The molecule has 1 aromatic carbocycles. The minimum atomic E-state index is -0.872. The second-order valence-electron chi connectivity index (χ2n) is 2.82. The third kappa shape index (κ3) is 3.71. The molecule has 0 bridgehead atoms. The zero-order chi connectivity index (χ0) is 10.2. The van der Waals surface area contributed by atoms with E-state index in [1.54, 1.807) is 6.08 Å². The Kier molecular flexibility index (Phi) is 4.94. The van der Waals surface area contributed by atoms with Gasteiger partial charge < -0.3 is 0 Å². The third-order valence-corrected chi connectivity index (χ3v) is 3.15. The van der Waals surface area contributed by atoms with Crippen molar-refractivity contribution in [2.24, 2.45) is 0 Å². The van der Waals surface area contributed by atoms with Crippen molar-refractivity contribution in [1.29, 1.82) is 0 Å². The molecule has 0 aliphatic rings. The van der Waals surface area contributed by atoms with Crippen molar-refractivity contribution in [1.82, 2.24) is 0 Å². The van der Waals surface area contributed by atoms with Crippen LogP contribution < -0.4 is 0 Å². The van der Waals surface area contributed by atoms with Gasteiger partial charge in [0.2, 0.25) is 0 Å². The molecule has 0 N–H and O–H groups in total. The number of rotatable bonds is 5. The Morgan fingerprint density at radius 3 is 2.64 bits per heavy atom. The molecule has 2 heteroatoms. The summed E-state index contributed by atoms with van der Waals surface area (Å²) in [6, 6.07) is 9.54. The lowest BCUT2D eigenvalue weighted by Crippen LogP contribution is -1.96. The molecule has 0 saturated heterocycles. The van der Waals surface area contributed by atoms with E-state index in [4.69, 9.17) is 0 Å². The average Bonchev–Trinajstić information content (AvgIpc) is 2.25. The molecule has 1 aromatic rings. The Bertz CT molecular complexity index is 327. The van der Waals surface area contributed by atoms with Crippen molar-refractivity contribution in [2.45, 2.75) is 11.3 Å². The Morgan fingerprint density at radius 2 is 2.00 bits per heavy atom. The van der Waals surface area contributed by atoms with Gasteiger partial charge in [0, 0.05) is 10.6 Å². The molecule has 74 valence electrons. The first-order valence-electron chi connectivity index (χ1n) is 4.55. The summed E-state index contributed by atoms with van der Waals surface area (Å²) in [5.41, 5.74) is 0. The molecular weight excluding hydrogens is 192 g/mol. The van der Waals surface area contributed by atoms with E-state index >= 15 is 0 Å². The van der Waals surface area contributed by atoms with Crippen molar-refractivity contribution in [2.75, 3.05) is 5.75 Å². The van der Waals surface area contributed by atoms with Crippen LogP contribution in [0.4, 0.5) is 0 Å². The molecule has 1 atom stereocenters. The van der Waals surface area contributed by atoms with Crippen LogP contribution in [0, 0.1) is 0 Å². The van der Waals surface area contributed by atoms with Gasteiger partial charge in [0.25, 0.3) is 0 Å². The molecule has 0 aliphatic heterocycles. The van der Waals surface area contributed by atoms with E-state index in [1.165, 1.54) is 0 Å². The molecule has 0 heterocycles. The van der Waals surface area contributed by atoms with Gasteiger partial charge in [-0.05, 0) is 18.6 Å². The van der Waals surface area contributed by atoms with Crippen LogP contribution in [-0.4, -0.2) is 9.96 Å². The van der Waals surface area contributed by atoms with E-state index in [-0.39, 0.29) is 0 Å². The monoisotopic (exact) mass is 206 g/mol. The summed E-state index contributed by atoms with van der Waals surface area (Å²) in [5, 5.41) is 0. The first-order valence-corrected chi connectivity index (χ1v) is 5.87. The van der Waals surface area contributed by atoms with E-state index in [0.29, 0.717) is 5.75 Å². The second-order valence-corrected chi connectivity index (χ2v) is 4.39. The number of allylic oxidation sites excluding steroid dienone is 3. The lowest BCUT2D eigenvalue weighted by Gasteiger charge is -1.98. The predicted molar refractivity (Wildman–Crippen MR) is 61.7 cm³/mol. The molecule has 0 radical (unpaired) electrons. The van der Waals surface area contributed by atoms with Crippen LogP contribution in [0.5, 0.6) is 0 Å². The van der Waals surface area contributed by atoms with Gasteiger partial charge in [-0.15, -0.1) is 0 Å². The lowest BCUT2D eigenvalue weighted by molar-refractivity contribution is 0.682. The zero-order valence-electron chi connectivity index (χ0n) is 8.06. The Labute approximate surface area is 87.6 Å². The highest BCUT2D eigenvalue weighted by Gasteiger charge is 1.99. The van der Waals surface area contributed by atoms with E-state index in [2.05, 4.69) is 6.58 Å². The quantitative estimate of drug-likeness (QED) is 0.677. The van der Waals surface area contributed by atoms with Crippen LogP contribution in [0.1, 0.15) is 6.42 Å². The van der Waals surface area contributed by atoms with Crippen molar-refractivity contribution in [3.8, 4) is 0 Å². The molecule has 0 aromatic heterocycles. The van der Waals surface area contributed by atoms with E-state index in [1.807, 2.05) is 42.5 Å². The van der Waals surface area contributed by atoms with Gasteiger partial charge >= 0.3 is 0 Å². The highest BCUT2D eigenvalue weighted by molar-refractivity contribution is 7.85. The van der Waals surface area contributed by atoms with Crippen LogP contribution in [0.3, 0.4) is 0 Å². The predicted octanol–water partition coefficient (Wildman–Crippen LogP) is 2.93. The maximum Gasteiger partial charge on any atom is 0.0532 e. The van der Waals surface area contributed by atoms with Crippen LogP contribution in [0.2, 0.25) is 0 Å². The fourth-order valence-corrected chi connectivity index (χ4v) is 2.10. The molecule has 14 heavy (non-hydrogen) atoms. The average molecular weight is 206 g/mol. The SMILES string of the molecule is C=CC=CCCS(=O)c1ccccc1. The molecule has 0 fully saturated rings. The Morgan fingerprint density at radius 1 is 1.29 bits per heavy atom. The summed E-state index contributed by atoms with van der Waals surface area (Å²) < 4.78 is 11.7. The molecule has 1 rings (SSSR count). The molecule has 1 nitrogen and oxygen atoms in total. The zero-order valence-corrected chi connectivity index (χ0v) is 8.87.